The molecule has 14 heavy (non-hydrogen) atoms. The van der Waals surface area contributed by atoms with Gasteiger partial charge in [0.1, 0.15) is 5.82 Å². The van der Waals surface area contributed by atoms with Crippen molar-refractivity contribution >= 4 is 11.7 Å². The smallest absolute Gasteiger partial charge is 0.305 e. The van der Waals surface area contributed by atoms with E-state index >= 15 is 0 Å². The number of benzene rings is 1. The zero-order valence-electron chi connectivity index (χ0n) is 7.92. The number of nitrogens with two attached hydrogens (primary N) is 1. The lowest BCUT2D eigenvalue weighted by molar-refractivity contribution is -0.140. The van der Waals surface area contributed by atoms with Gasteiger partial charge in [-0.2, -0.15) is 0 Å². The summed E-state index contributed by atoms with van der Waals surface area (Å²) in [5, 5.41) is 0. The van der Waals surface area contributed by atoms with E-state index in [9.17, 15) is 9.18 Å². The van der Waals surface area contributed by atoms with Crippen molar-refractivity contribution in [1.82, 2.24) is 0 Å². The molecule has 0 aliphatic heterocycles. The summed E-state index contributed by atoms with van der Waals surface area (Å²) in [6.07, 6.45) is 0.790. The fourth-order valence-electron chi connectivity index (χ4n) is 1.10. The van der Waals surface area contributed by atoms with E-state index in [0.29, 0.717) is 6.42 Å². The molecule has 1 aromatic carbocycles. The highest BCUT2D eigenvalue weighted by Crippen LogP contribution is 2.13. The number of hydrogen-bond acceptors (Lipinski definition) is 3. The maximum Gasteiger partial charge on any atom is 0.305 e. The lowest BCUT2D eigenvalue weighted by Gasteiger charge is -2.02. The van der Waals surface area contributed by atoms with Gasteiger partial charge >= 0.3 is 5.97 Å². The van der Waals surface area contributed by atoms with E-state index in [4.69, 9.17) is 5.73 Å². The zero-order valence-corrected chi connectivity index (χ0v) is 7.92. The van der Waals surface area contributed by atoms with Crippen LogP contribution in [0.1, 0.15) is 12.0 Å². The first-order valence-electron chi connectivity index (χ1n) is 4.24. The number of esters is 1. The van der Waals surface area contributed by atoms with Crippen molar-refractivity contribution < 1.29 is 13.9 Å². The molecule has 4 heteroatoms. The summed E-state index contributed by atoms with van der Waals surface area (Å²) in [6, 6.07) is 4.43. The number of nitrogen functional groups attached to an aromatic ring is 1. The number of halogens is 1. The molecule has 0 aromatic heterocycles. The van der Waals surface area contributed by atoms with Crippen molar-refractivity contribution in [2.24, 2.45) is 0 Å². The van der Waals surface area contributed by atoms with Gasteiger partial charge in [-0.15, -0.1) is 0 Å². The van der Waals surface area contributed by atoms with Crippen molar-refractivity contribution in [1.29, 1.82) is 0 Å². The largest absolute Gasteiger partial charge is 0.469 e. The van der Waals surface area contributed by atoms with Crippen molar-refractivity contribution in [3.8, 4) is 0 Å². The predicted octanol–water partition coefficient (Wildman–Crippen LogP) is 1.51. The van der Waals surface area contributed by atoms with Gasteiger partial charge in [-0.3, -0.25) is 4.79 Å². The monoisotopic (exact) mass is 197 g/mol. The van der Waals surface area contributed by atoms with Crippen LogP contribution in [0.3, 0.4) is 0 Å². The lowest BCUT2D eigenvalue weighted by atomic mass is 10.1. The minimum absolute atomic E-state index is 0.104. The second-order valence-corrected chi connectivity index (χ2v) is 2.93. The molecule has 2 N–H and O–H groups in total. The summed E-state index contributed by atoms with van der Waals surface area (Å²) < 4.78 is 17.2. The molecule has 3 nitrogen and oxygen atoms in total. The molecular formula is C10H12FNO2. The average molecular weight is 197 g/mol. The van der Waals surface area contributed by atoms with E-state index < -0.39 is 5.82 Å². The van der Waals surface area contributed by atoms with Gasteiger partial charge in [0, 0.05) is 6.42 Å². The standard InChI is InChI=1S/C10H12FNO2/c1-14-10(13)5-3-7-2-4-8(11)9(12)6-7/h2,4,6H,3,5,12H2,1H3. The van der Waals surface area contributed by atoms with E-state index in [2.05, 4.69) is 4.74 Å². The number of carbonyl (C=O) groups is 1. The number of aryl methyl sites for hydroxylation is 1. The summed E-state index contributed by atoms with van der Waals surface area (Å²) in [4.78, 5) is 10.8. The molecule has 0 fully saturated rings. The molecule has 0 radical (unpaired) electrons. The Labute approximate surface area is 81.7 Å². The number of rotatable bonds is 3. The lowest BCUT2D eigenvalue weighted by Crippen LogP contribution is -2.02. The second-order valence-electron chi connectivity index (χ2n) is 2.93. The molecule has 1 aromatic rings. The first-order valence-corrected chi connectivity index (χ1v) is 4.24. The molecule has 0 bridgehead atoms. The second kappa shape index (κ2) is 4.60. The van der Waals surface area contributed by atoms with Crippen molar-refractivity contribution in [2.45, 2.75) is 12.8 Å². The normalized spacial score (nSPS) is 9.86. The molecular weight excluding hydrogens is 185 g/mol. The van der Waals surface area contributed by atoms with Crippen LogP contribution in [0.5, 0.6) is 0 Å². The third-order valence-electron chi connectivity index (χ3n) is 1.91. The Hall–Kier alpha value is -1.58. The van der Waals surface area contributed by atoms with Gasteiger partial charge < -0.3 is 10.5 Å². The van der Waals surface area contributed by atoms with E-state index in [-0.39, 0.29) is 18.1 Å². The van der Waals surface area contributed by atoms with Crippen LogP contribution < -0.4 is 5.73 Å². The summed E-state index contributed by atoms with van der Waals surface area (Å²) >= 11 is 0. The van der Waals surface area contributed by atoms with Crippen LogP contribution in [-0.4, -0.2) is 13.1 Å². The third-order valence-corrected chi connectivity index (χ3v) is 1.91. The Balaban J connectivity index is 2.60. The summed E-state index contributed by atoms with van der Waals surface area (Å²) in [7, 11) is 1.33. The van der Waals surface area contributed by atoms with Crippen LogP contribution in [0, 0.1) is 5.82 Å². The van der Waals surface area contributed by atoms with E-state index in [0.717, 1.165) is 5.56 Å². The number of methoxy groups -OCH3 is 1. The van der Waals surface area contributed by atoms with Crippen LogP contribution in [0.15, 0.2) is 18.2 Å². The molecule has 0 spiro atoms. The number of anilines is 1. The molecule has 0 aliphatic rings. The number of hydrogen-bond donors (Lipinski definition) is 1. The summed E-state index contributed by atoms with van der Waals surface area (Å²) in [5.41, 5.74) is 6.30. The first-order chi connectivity index (χ1) is 6.63. The van der Waals surface area contributed by atoms with Crippen molar-refractivity contribution in [3.63, 3.8) is 0 Å². The molecule has 76 valence electrons. The van der Waals surface area contributed by atoms with Crippen molar-refractivity contribution in [3.05, 3.63) is 29.6 Å². The van der Waals surface area contributed by atoms with E-state index in [1.54, 1.807) is 6.07 Å². The number of ether oxygens (including phenoxy) is 1. The van der Waals surface area contributed by atoms with E-state index in [1.165, 1.54) is 19.2 Å². The molecule has 0 unspecified atom stereocenters. The van der Waals surface area contributed by atoms with Crippen LogP contribution >= 0.6 is 0 Å². The molecule has 1 rings (SSSR count). The quantitative estimate of drug-likeness (QED) is 0.590. The van der Waals surface area contributed by atoms with Gasteiger partial charge in [0.2, 0.25) is 0 Å². The van der Waals surface area contributed by atoms with Crippen molar-refractivity contribution in [2.75, 3.05) is 12.8 Å². The fourth-order valence-corrected chi connectivity index (χ4v) is 1.10. The van der Waals surface area contributed by atoms with Gasteiger partial charge in [0.15, 0.2) is 0 Å². The summed E-state index contributed by atoms with van der Waals surface area (Å²) in [6.45, 7) is 0. The van der Waals surface area contributed by atoms with Crippen LogP contribution in [-0.2, 0) is 16.0 Å². The minimum Gasteiger partial charge on any atom is -0.469 e. The van der Waals surface area contributed by atoms with Gasteiger partial charge in [-0.25, -0.2) is 4.39 Å². The molecule has 0 saturated heterocycles. The Kier molecular flexibility index (Phi) is 3.45. The van der Waals surface area contributed by atoms with Crippen LogP contribution in [0.25, 0.3) is 0 Å². The molecule has 0 aliphatic carbocycles. The highest BCUT2D eigenvalue weighted by atomic mass is 19.1. The molecule has 0 saturated carbocycles. The van der Waals surface area contributed by atoms with Gasteiger partial charge in [-0.1, -0.05) is 6.07 Å². The zero-order chi connectivity index (χ0) is 10.6. The predicted molar refractivity (Wildman–Crippen MR) is 51.1 cm³/mol. The SMILES string of the molecule is COC(=O)CCc1ccc(F)c(N)c1. The Morgan fingerprint density at radius 1 is 1.57 bits per heavy atom. The van der Waals surface area contributed by atoms with E-state index in [1.807, 2.05) is 0 Å². The summed E-state index contributed by atoms with van der Waals surface area (Å²) in [5.74, 6) is -0.722. The third kappa shape index (κ3) is 2.73. The highest BCUT2D eigenvalue weighted by molar-refractivity contribution is 5.69. The average Bonchev–Trinajstić information content (AvgIpc) is 2.19. The number of carbonyl (C=O) groups excluding carboxylic acids is 1. The topological polar surface area (TPSA) is 52.3 Å². The molecule has 0 amide bonds. The maximum atomic E-state index is 12.7. The molecule has 0 atom stereocenters. The Morgan fingerprint density at radius 2 is 2.29 bits per heavy atom. The Bertz CT molecular complexity index is 339. The van der Waals surface area contributed by atoms with Gasteiger partial charge in [-0.05, 0) is 24.1 Å². The fraction of sp³-hybridized carbons (Fsp3) is 0.300. The first kappa shape index (κ1) is 10.5. The molecule has 0 heterocycles. The van der Waals surface area contributed by atoms with Gasteiger partial charge in [0.25, 0.3) is 0 Å². The van der Waals surface area contributed by atoms with Gasteiger partial charge in [0.05, 0.1) is 12.8 Å². The van der Waals surface area contributed by atoms with Crippen LogP contribution in [0.4, 0.5) is 10.1 Å². The maximum absolute atomic E-state index is 12.7. The highest BCUT2D eigenvalue weighted by Gasteiger charge is 2.03. The Morgan fingerprint density at radius 3 is 2.86 bits per heavy atom. The van der Waals surface area contributed by atoms with Crippen LogP contribution in [0.2, 0.25) is 0 Å². The minimum atomic E-state index is -0.438.